The molecule has 0 saturated heterocycles. The lowest BCUT2D eigenvalue weighted by molar-refractivity contribution is 0.902. The molecule has 0 unspecified atom stereocenters. The van der Waals surface area contributed by atoms with E-state index in [0.717, 1.165) is 27.6 Å². The van der Waals surface area contributed by atoms with Gasteiger partial charge in [0.2, 0.25) is 0 Å². The summed E-state index contributed by atoms with van der Waals surface area (Å²) >= 11 is 7.67. The van der Waals surface area contributed by atoms with Gasteiger partial charge in [-0.05, 0) is 29.1 Å². The lowest BCUT2D eigenvalue weighted by Gasteiger charge is -2.18. The van der Waals surface area contributed by atoms with Gasteiger partial charge in [-0.2, -0.15) is 0 Å². The van der Waals surface area contributed by atoms with Gasteiger partial charge < -0.3 is 4.90 Å². The molecule has 0 aliphatic carbocycles. The highest BCUT2D eigenvalue weighted by Crippen LogP contribution is 2.28. The second kappa shape index (κ2) is 5.15. The van der Waals surface area contributed by atoms with Crippen LogP contribution >= 0.6 is 22.9 Å². The minimum Gasteiger partial charge on any atom is -0.354 e. The highest BCUT2D eigenvalue weighted by molar-refractivity contribution is 7.17. The van der Waals surface area contributed by atoms with Crippen molar-refractivity contribution in [3.8, 4) is 0 Å². The molecule has 2 aromatic heterocycles. The van der Waals surface area contributed by atoms with Crippen LogP contribution in [-0.4, -0.2) is 17.0 Å². The van der Waals surface area contributed by atoms with Gasteiger partial charge in [0.05, 0.1) is 10.2 Å². The minimum atomic E-state index is 0.759. The molecule has 1 aromatic carbocycles. The maximum absolute atomic E-state index is 6.01. The zero-order valence-electron chi connectivity index (χ0n) is 10.4. The van der Waals surface area contributed by atoms with Gasteiger partial charge in [0.15, 0.2) is 0 Å². The third-order valence-electron chi connectivity index (χ3n) is 2.89. The quantitative estimate of drug-likeness (QED) is 0.730. The average Bonchev–Trinajstić information content (AvgIpc) is 2.86. The molecule has 0 saturated carbocycles. The van der Waals surface area contributed by atoms with Crippen LogP contribution in [0.4, 0.5) is 5.82 Å². The van der Waals surface area contributed by atoms with Gasteiger partial charge in [-0.3, -0.25) is 0 Å². The summed E-state index contributed by atoms with van der Waals surface area (Å²) in [5.41, 5.74) is 2.16. The maximum Gasteiger partial charge on any atom is 0.150 e. The van der Waals surface area contributed by atoms with Gasteiger partial charge in [-0.25, -0.2) is 9.97 Å². The Bertz CT molecular complexity index is 710. The third kappa shape index (κ3) is 2.55. The fourth-order valence-electron chi connectivity index (χ4n) is 2.03. The van der Waals surface area contributed by atoms with Crippen LogP contribution in [-0.2, 0) is 6.54 Å². The van der Waals surface area contributed by atoms with E-state index in [9.17, 15) is 0 Å². The van der Waals surface area contributed by atoms with Crippen LogP contribution in [0.3, 0.4) is 0 Å². The first-order valence-corrected chi connectivity index (χ1v) is 7.13. The van der Waals surface area contributed by atoms with Gasteiger partial charge in [-0.1, -0.05) is 23.7 Å². The first-order valence-electron chi connectivity index (χ1n) is 5.88. The van der Waals surface area contributed by atoms with Crippen LogP contribution in [0, 0.1) is 0 Å². The molecule has 3 rings (SSSR count). The number of nitrogens with zero attached hydrogens (tertiary/aromatic N) is 3. The molecular weight excluding hydrogens is 278 g/mol. The minimum absolute atomic E-state index is 0.759. The fourth-order valence-corrected chi connectivity index (χ4v) is 3.13. The second-order valence-corrected chi connectivity index (χ2v) is 5.67. The van der Waals surface area contributed by atoms with Crippen molar-refractivity contribution in [3.63, 3.8) is 0 Å². The topological polar surface area (TPSA) is 29.0 Å². The third-order valence-corrected chi connectivity index (χ3v) is 4.03. The molecule has 0 spiro atoms. The largest absolute Gasteiger partial charge is 0.354 e. The van der Waals surface area contributed by atoms with Gasteiger partial charge in [0, 0.05) is 18.6 Å². The smallest absolute Gasteiger partial charge is 0.150 e. The van der Waals surface area contributed by atoms with Crippen LogP contribution in [0.1, 0.15) is 5.56 Å². The summed E-state index contributed by atoms with van der Waals surface area (Å²) < 4.78 is 1.12. The predicted octanol–water partition coefficient (Wildman–Crippen LogP) is 3.98. The number of halogens is 1. The molecule has 0 bridgehead atoms. The van der Waals surface area contributed by atoms with Crippen molar-refractivity contribution in [2.45, 2.75) is 6.54 Å². The summed E-state index contributed by atoms with van der Waals surface area (Å²) in [6.07, 6.45) is 1.61. The standard InChI is InChI=1S/C14H12ClN3S/c1-18(8-10-3-2-4-11(15)7-10)14-13-12(5-6-19-13)16-9-17-14/h2-7,9H,8H2,1H3. The molecule has 0 atom stereocenters. The Kier molecular flexibility index (Phi) is 3.36. The molecule has 5 heteroatoms. The number of fused-ring (bicyclic) bond motifs is 1. The molecule has 0 amide bonds. The molecule has 0 aliphatic rings. The Morgan fingerprint density at radius 3 is 3.00 bits per heavy atom. The zero-order valence-corrected chi connectivity index (χ0v) is 11.9. The molecule has 19 heavy (non-hydrogen) atoms. The van der Waals surface area contributed by atoms with Gasteiger partial charge in [-0.15, -0.1) is 11.3 Å². The molecule has 3 nitrogen and oxygen atoms in total. The Morgan fingerprint density at radius 2 is 2.16 bits per heavy atom. The number of rotatable bonds is 3. The van der Waals surface area contributed by atoms with Crippen LogP contribution < -0.4 is 4.90 Å². The molecule has 96 valence electrons. The number of hydrogen-bond donors (Lipinski definition) is 0. The van der Waals surface area contributed by atoms with Crippen molar-refractivity contribution in [1.29, 1.82) is 0 Å². The van der Waals surface area contributed by atoms with Crippen molar-refractivity contribution in [2.24, 2.45) is 0 Å². The zero-order chi connectivity index (χ0) is 13.2. The van der Waals surface area contributed by atoms with Crippen molar-refractivity contribution in [3.05, 3.63) is 52.6 Å². The molecular formula is C14H12ClN3S. The van der Waals surface area contributed by atoms with E-state index < -0.39 is 0 Å². The van der Waals surface area contributed by atoms with E-state index in [1.54, 1.807) is 17.7 Å². The van der Waals surface area contributed by atoms with Crippen molar-refractivity contribution >= 4 is 39.0 Å². The van der Waals surface area contributed by atoms with Gasteiger partial charge >= 0.3 is 0 Å². The Morgan fingerprint density at radius 1 is 1.26 bits per heavy atom. The summed E-state index contributed by atoms with van der Waals surface area (Å²) in [5, 5.41) is 2.80. The number of benzene rings is 1. The van der Waals surface area contributed by atoms with Crippen LogP contribution in [0.15, 0.2) is 42.0 Å². The van der Waals surface area contributed by atoms with E-state index in [1.165, 1.54) is 5.56 Å². The van der Waals surface area contributed by atoms with Crippen LogP contribution in [0.5, 0.6) is 0 Å². The second-order valence-electron chi connectivity index (χ2n) is 4.32. The van der Waals surface area contributed by atoms with E-state index in [0.29, 0.717) is 0 Å². The summed E-state index contributed by atoms with van der Waals surface area (Å²) in [7, 11) is 2.03. The normalized spacial score (nSPS) is 10.8. The SMILES string of the molecule is CN(Cc1cccc(Cl)c1)c1ncnc2ccsc12. The summed E-state index contributed by atoms with van der Waals surface area (Å²) in [6, 6.07) is 9.90. The maximum atomic E-state index is 6.01. The van der Waals surface area contributed by atoms with E-state index in [4.69, 9.17) is 11.6 Å². The number of aromatic nitrogens is 2. The fraction of sp³-hybridized carbons (Fsp3) is 0.143. The molecule has 3 aromatic rings. The summed E-state index contributed by atoms with van der Waals surface area (Å²) in [6.45, 7) is 0.768. The predicted molar refractivity (Wildman–Crippen MR) is 81.0 cm³/mol. The summed E-state index contributed by atoms with van der Waals surface area (Å²) in [4.78, 5) is 10.8. The first-order chi connectivity index (χ1) is 9.24. The van der Waals surface area contributed by atoms with Gasteiger partial charge in [0.25, 0.3) is 0 Å². The van der Waals surface area contributed by atoms with E-state index >= 15 is 0 Å². The van der Waals surface area contributed by atoms with Crippen LogP contribution in [0.25, 0.3) is 10.2 Å². The first kappa shape index (κ1) is 12.4. The Balaban J connectivity index is 1.91. The van der Waals surface area contributed by atoms with Crippen molar-refractivity contribution < 1.29 is 0 Å². The molecule has 0 fully saturated rings. The number of hydrogen-bond acceptors (Lipinski definition) is 4. The Labute approximate surface area is 120 Å². The monoisotopic (exact) mass is 289 g/mol. The lowest BCUT2D eigenvalue weighted by Crippen LogP contribution is -2.17. The number of thiophene rings is 1. The number of anilines is 1. The van der Waals surface area contributed by atoms with E-state index in [2.05, 4.69) is 20.9 Å². The van der Waals surface area contributed by atoms with E-state index in [-0.39, 0.29) is 0 Å². The van der Waals surface area contributed by atoms with Crippen molar-refractivity contribution in [2.75, 3.05) is 11.9 Å². The molecule has 0 radical (unpaired) electrons. The lowest BCUT2D eigenvalue weighted by atomic mass is 10.2. The van der Waals surface area contributed by atoms with Gasteiger partial charge in [0.1, 0.15) is 12.1 Å². The molecule has 0 aliphatic heterocycles. The Hall–Kier alpha value is -1.65. The van der Waals surface area contributed by atoms with E-state index in [1.807, 2.05) is 36.7 Å². The molecule has 2 heterocycles. The van der Waals surface area contributed by atoms with Crippen molar-refractivity contribution in [1.82, 2.24) is 9.97 Å². The summed E-state index contributed by atoms with van der Waals surface area (Å²) in [5.74, 6) is 0.958. The van der Waals surface area contributed by atoms with Crippen LogP contribution in [0.2, 0.25) is 5.02 Å². The highest BCUT2D eigenvalue weighted by Gasteiger charge is 2.10. The molecule has 0 N–H and O–H groups in total. The average molecular weight is 290 g/mol. The highest BCUT2D eigenvalue weighted by atomic mass is 35.5.